The van der Waals surface area contributed by atoms with Crippen molar-refractivity contribution >= 4 is 71.4 Å². The minimum absolute atomic E-state index is 0.0378. The van der Waals surface area contributed by atoms with E-state index in [-0.39, 0.29) is 74.5 Å². The summed E-state index contributed by atoms with van der Waals surface area (Å²) in [7, 11) is 9.88. The molecule has 0 bridgehead atoms. The lowest BCUT2D eigenvalue weighted by atomic mass is 9.96. The zero-order valence-electron chi connectivity index (χ0n) is 50.9. The molecule has 0 heterocycles. The summed E-state index contributed by atoms with van der Waals surface area (Å²) in [5, 5.41) is 13.3. The minimum Gasteiger partial charge on any atom is -0.343 e. The van der Waals surface area contributed by atoms with Crippen molar-refractivity contribution in [3.05, 3.63) is 0 Å². The van der Waals surface area contributed by atoms with Gasteiger partial charge in [0.1, 0.15) is 60.7 Å². The Morgan fingerprint density at radius 2 is 0.897 bits per heavy atom. The zero-order valence-corrected chi connectivity index (χ0v) is 50.9. The Kier molecular flexibility index (Phi) is 31.3. The number of likely N-dealkylation sites (N-methyl/N-ethyl adjacent to an activating group) is 6. The van der Waals surface area contributed by atoms with Crippen LogP contribution in [-0.2, 0) is 52.7 Å². The fraction of sp³-hybridized carbons (Fsp3) is 0.782. The molecule has 0 spiro atoms. The average Bonchev–Trinajstić information content (AvgIpc) is 3.37. The van der Waals surface area contributed by atoms with Crippen LogP contribution in [0.25, 0.3) is 0 Å². The third kappa shape index (κ3) is 21.6. The molecule has 78 heavy (non-hydrogen) atoms. The summed E-state index contributed by atoms with van der Waals surface area (Å²) in [5.74, 6) is -6.96. The Balaban J connectivity index is 6.49. The van der Waals surface area contributed by atoms with Crippen LogP contribution < -0.4 is 26.6 Å². The molecular formula is C55H99N11O12. The maximum atomic E-state index is 14.5. The van der Waals surface area contributed by atoms with Crippen LogP contribution >= 0.6 is 0 Å². The smallest absolute Gasteiger partial charge is 0.323 e. The van der Waals surface area contributed by atoms with Gasteiger partial charge in [0, 0.05) is 62.2 Å². The second-order valence-electron chi connectivity index (χ2n) is 22.5. The third-order valence-electron chi connectivity index (χ3n) is 14.0. The molecule has 0 radical (unpaired) electrons. The lowest BCUT2D eigenvalue weighted by molar-refractivity contribution is -0.150. The molecule has 2 unspecified atom stereocenters. The number of carbonyl (C=O) groups excluding carboxylic acids is 12. The van der Waals surface area contributed by atoms with Crippen LogP contribution in [0.2, 0.25) is 0 Å². The van der Waals surface area contributed by atoms with Crippen molar-refractivity contribution in [1.82, 2.24) is 56.0 Å². The predicted molar refractivity (Wildman–Crippen MR) is 298 cm³/mol. The highest BCUT2D eigenvalue weighted by atomic mass is 16.2. The highest BCUT2D eigenvalue weighted by molar-refractivity contribution is 6.00. The molecule has 0 aromatic carbocycles. The van der Waals surface area contributed by atoms with E-state index in [0.717, 1.165) is 11.2 Å². The Bertz CT molecular complexity index is 2070. The predicted octanol–water partition coefficient (Wildman–Crippen LogP) is 2.54. The number of aldehydes is 1. The van der Waals surface area contributed by atoms with E-state index in [4.69, 9.17) is 0 Å². The Hall–Kier alpha value is -6.16. The van der Waals surface area contributed by atoms with E-state index in [9.17, 15) is 57.5 Å². The van der Waals surface area contributed by atoms with Gasteiger partial charge < -0.3 is 55.9 Å². The number of nitrogens with one attached hydrogen (secondary N) is 5. The second-order valence-corrected chi connectivity index (χ2v) is 22.5. The molecule has 0 aliphatic rings. The topological polar surface area (TPSA) is 284 Å². The van der Waals surface area contributed by atoms with Crippen LogP contribution in [0.3, 0.4) is 0 Å². The van der Waals surface area contributed by atoms with Gasteiger partial charge >= 0.3 is 6.03 Å². The van der Waals surface area contributed by atoms with Gasteiger partial charge in [0.25, 0.3) is 5.91 Å². The molecule has 23 heteroatoms. The lowest BCUT2D eigenvalue weighted by Gasteiger charge is -2.37. The first-order chi connectivity index (χ1) is 36.1. The monoisotopic (exact) mass is 1110 g/mol. The number of amides is 12. The number of rotatable bonds is 32. The van der Waals surface area contributed by atoms with Crippen molar-refractivity contribution in [2.24, 2.45) is 29.6 Å². The van der Waals surface area contributed by atoms with Crippen molar-refractivity contribution < 1.29 is 57.5 Å². The third-order valence-corrected chi connectivity index (χ3v) is 14.0. The molecule has 12 amide bonds. The van der Waals surface area contributed by atoms with Crippen molar-refractivity contribution in [2.75, 3.05) is 49.3 Å². The zero-order chi connectivity index (χ0) is 60.8. The Labute approximate surface area is 465 Å². The number of carbonyl (C=O) groups is 12. The van der Waals surface area contributed by atoms with E-state index in [0.29, 0.717) is 6.42 Å². The molecule has 0 saturated heterocycles. The van der Waals surface area contributed by atoms with Gasteiger partial charge in [0.2, 0.25) is 53.2 Å². The quantitative estimate of drug-likeness (QED) is 0.0608. The van der Waals surface area contributed by atoms with Gasteiger partial charge in [0.05, 0.1) is 0 Å². The molecule has 0 saturated carbocycles. The van der Waals surface area contributed by atoms with Gasteiger partial charge in [0.15, 0.2) is 0 Å². The largest absolute Gasteiger partial charge is 0.343 e. The molecule has 5 N–H and O–H groups in total. The standard InChI is InChI=1S/C55H99N11O12/c1-22-24-44(68)62(17)42(30-35(11)25-26-67)48(71)59-39(23-2)52(75)61(16)38(14)51(74)63(18)41(28-32(5)6)49(72)60-45(34(9)10)54(77)64(19)40(27-31(3)4)47(70)57-36(12)46(69)58-37(13)50(73)65(20)43(29-33(7)8)53(76)66(21)55(78)56-15/h26,31-43,45H,22-25,27-30H2,1-21H3,(H,56,78)(H,57,70)(H,58,69)(H,59,71)(H,60,72)/t35-,36-,37?,38-,39+,40+,41+,42?,43+,45+/m1/s1. The van der Waals surface area contributed by atoms with E-state index >= 15 is 0 Å². The lowest BCUT2D eigenvalue weighted by Crippen LogP contribution is -2.61. The second kappa shape index (κ2) is 34.0. The molecule has 10 atom stereocenters. The van der Waals surface area contributed by atoms with E-state index < -0.39 is 119 Å². The van der Waals surface area contributed by atoms with Crippen molar-refractivity contribution in [3.8, 4) is 0 Å². The molecule has 446 valence electrons. The summed E-state index contributed by atoms with van der Waals surface area (Å²) in [6, 6.07) is -10.6. The van der Waals surface area contributed by atoms with Crippen LogP contribution in [0.5, 0.6) is 0 Å². The summed E-state index contributed by atoms with van der Waals surface area (Å²) in [6.45, 7) is 24.3. The van der Waals surface area contributed by atoms with Crippen LogP contribution in [0, 0.1) is 29.6 Å². The summed E-state index contributed by atoms with van der Waals surface area (Å²) in [6.07, 6.45) is 2.58. The molecule has 0 rings (SSSR count). The number of hydrogen-bond donors (Lipinski definition) is 5. The summed E-state index contributed by atoms with van der Waals surface area (Å²) in [4.78, 5) is 169. The van der Waals surface area contributed by atoms with Crippen LogP contribution in [0.4, 0.5) is 4.79 Å². The average molecular weight is 1110 g/mol. The van der Waals surface area contributed by atoms with Crippen molar-refractivity contribution in [2.45, 2.75) is 203 Å². The van der Waals surface area contributed by atoms with Crippen LogP contribution in [0.1, 0.15) is 148 Å². The maximum Gasteiger partial charge on any atom is 0.323 e. The summed E-state index contributed by atoms with van der Waals surface area (Å²) in [5.41, 5.74) is 0. The molecule has 0 aliphatic heterocycles. The number of imide groups is 1. The van der Waals surface area contributed by atoms with Crippen molar-refractivity contribution in [1.29, 1.82) is 0 Å². The van der Waals surface area contributed by atoms with Crippen molar-refractivity contribution in [3.63, 3.8) is 0 Å². The van der Waals surface area contributed by atoms with E-state index in [1.165, 1.54) is 94.6 Å². The number of urea groups is 1. The molecule has 23 nitrogen and oxygen atoms in total. The molecule has 0 aromatic heterocycles. The summed E-state index contributed by atoms with van der Waals surface area (Å²) >= 11 is 0. The van der Waals surface area contributed by atoms with Gasteiger partial charge in [-0.05, 0) is 88.9 Å². The fourth-order valence-corrected chi connectivity index (χ4v) is 8.81. The first-order valence-electron chi connectivity index (χ1n) is 27.5. The molecular weight excluding hydrogens is 1010 g/mol. The van der Waals surface area contributed by atoms with Gasteiger partial charge in [-0.25, -0.2) is 4.79 Å². The fourth-order valence-electron chi connectivity index (χ4n) is 8.81. The number of nitrogens with zero attached hydrogens (tertiary/aromatic N) is 6. The Morgan fingerprint density at radius 1 is 0.462 bits per heavy atom. The van der Waals surface area contributed by atoms with E-state index in [2.05, 4.69) is 26.6 Å². The highest BCUT2D eigenvalue weighted by Crippen LogP contribution is 2.21. The minimum atomic E-state index is -1.20. The first-order valence-corrected chi connectivity index (χ1v) is 27.5. The van der Waals surface area contributed by atoms with Gasteiger partial charge in [-0.2, -0.15) is 0 Å². The molecule has 0 aromatic rings. The highest BCUT2D eigenvalue weighted by Gasteiger charge is 2.41. The number of hydrogen-bond acceptors (Lipinski definition) is 12. The first kappa shape index (κ1) is 71.8. The Morgan fingerprint density at radius 3 is 1.35 bits per heavy atom. The SMILES string of the molecule is CCCC(=O)N(C)C(C[C@H](C)CC=O)C(=O)N[C@@H](CC)C(=O)N(C)[C@H](C)C(=O)N(C)[C@@H](CC(C)C)C(=O)N[C@H](C(=O)N(C)[C@@H](CC(C)C)C(=O)N[C@H](C)C(=O)NC(C)C(=O)N(C)[C@@H](CC(C)C)C(=O)N(C)C(=O)NC)C(C)C. The van der Waals surface area contributed by atoms with Gasteiger partial charge in [-0.1, -0.05) is 76.2 Å². The van der Waals surface area contributed by atoms with Gasteiger partial charge in [-0.3, -0.25) is 52.8 Å². The summed E-state index contributed by atoms with van der Waals surface area (Å²) < 4.78 is 0. The van der Waals surface area contributed by atoms with Crippen LogP contribution in [-0.4, -0.2) is 204 Å². The van der Waals surface area contributed by atoms with Gasteiger partial charge in [-0.15, -0.1) is 0 Å². The van der Waals surface area contributed by atoms with Crippen LogP contribution in [0.15, 0.2) is 0 Å². The normalized spacial score (nSPS) is 15.2. The molecule has 0 aliphatic carbocycles. The molecule has 0 fully saturated rings. The van der Waals surface area contributed by atoms with E-state index in [1.54, 1.807) is 27.7 Å². The maximum absolute atomic E-state index is 14.5. The van der Waals surface area contributed by atoms with E-state index in [1.807, 2.05) is 48.5 Å².